The standard InChI is InChI=1S/C12H17N3O3S/c1-19(17,18)15-8-2-3-11(9-15)14-12(16)10-4-6-13-7-5-10/h4-7,11H,2-3,8-9H2,1H3,(H,14,16). The van der Waals surface area contributed by atoms with Crippen molar-refractivity contribution in [2.45, 2.75) is 18.9 Å². The number of sulfonamides is 1. The van der Waals surface area contributed by atoms with Crippen LogP contribution in [-0.2, 0) is 10.0 Å². The summed E-state index contributed by atoms with van der Waals surface area (Å²) in [5.41, 5.74) is 0.534. The minimum Gasteiger partial charge on any atom is -0.348 e. The number of aromatic nitrogens is 1. The fraction of sp³-hybridized carbons (Fsp3) is 0.500. The number of hydrogen-bond acceptors (Lipinski definition) is 4. The third-order valence-corrected chi connectivity index (χ3v) is 4.40. The van der Waals surface area contributed by atoms with E-state index in [0.29, 0.717) is 18.7 Å². The van der Waals surface area contributed by atoms with E-state index in [-0.39, 0.29) is 11.9 Å². The molecule has 2 rings (SSSR count). The Labute approximate surface area is 112 Å². The first-order valence-corrected chi connectivity index (χ1v) is 7.97. The Balaban J connectivity index is 1.98. The van der Waals surface area contributed by atoms with E-state index in [4.69, 9.17) is 0 Å². The molecule has 7 heteroatoms. The number of carbonyl (C=O) groups excluding carboxylic acids is 1. The van der Waals surface area contributed by atoms with Crippen LogP contribution in [0, 0.1) is 0 Å². The van der Waals surface area contributed by atoms with E-state index in [1.165, 1.54) is 10.6 Å². The lowest BCUT2D eigenvalue weighted by molar-refractivity contribution is 0.0921. The van der Waals surface area contributed by atoms with Crippen molar-refractivity contribution in [2.24, 2.45) is 0 Å². The largest absolute Gasteiger partial charge is 0.348 e. The van der Waals surface area contributed by atoms with Gasteiger partial charge >= 0.3 is 0 Å². The number of carbonyl (C=O) groups is 1. The summed E-state index contributed by atoms with van der Waals surface area (Å²) in [7, 11) is -3.19. The number of piperidine rings is 1. The van der Waals surface area contributed by atoms with Gasteiger partial charge in [-0.3, -0.25) is 9.78 Å². The number of nitrogens with zero attached hydrogens (tertiary/aromatic N) is 2. The summed E-state index contributed by atoms with van der Waals surface area (Å²) in [5.74, 6) is -0.192. The SMILES string of the molecule is CS(=O)(=O)N1CCCC(NC(=O)c2ccncc2)C1. The second-order valence-electron chi connectivity index (χ2n) is 4.67. The maximum Gasteiger partial charge on any atom is 0.251 e. The summed E-state index contributed by atoms with van der Waals surface area (Å²) in [6.07, 6.45) is 5.86. The van der Waals surface area contributed by atoms with E-state index in [9.17, 15) is 13.2 Å². The van der Waals surface area contributed by atoms with Crippen molar-refractivity contribution < 1.29 is 13.2 Å². The molecule has 1 aliphatic rings. The van der Waals surface area contributed by atoms with E-state index in [1.54, 1.807) is 24.5 Å². The quantitative estimate of drug-likeness (QED) is 0.861. The first-order chi connectivity index (χ1) is 8.97. The van der Waals surface area contributed by atoms with E-state index in [1.807, 2.05) is 0 Å². The summed E-state index contributed by atoms with van der Waals surface area (Å²) in [6.45, 7) is 0.871. The van der Waals surface area contributed by atoms with Gasteiger partial charge in [-0.2, -0.15) is 0 Å². The topological polar surface area (TPSA) is 79.4 Å². The van der Waals surface area contributed by atoms with E-state index in [0.717, 1.165) is 12.8 Å². The van der Waals surface area contributed by atoms with E-state index in [2.05, 4.69) is 10.3 Å². The average molecular weight is 283 g/mol. The highest BCUT2D eigenvalue weighted by Crippen LogP contribution is 2.13. The van der Waals surface area contributed by atoms with Gasteiger partial charge in [0, 0.05) is 37.1 Å². The Kier molecular flexibility index (Phi) is 4.16. The van der Waals surface area contributed by atoms with Gasteiger partial charge < -0.3 is 5.32 Å². The molecular formula is C12H17N3O3S. The highest BCUT2D eigenvalue weighted by Gasteiger charge is 2.26. The maximum atomic E-state index is 12.0. The molecule has 0 radical (unpaired) electrons. The van der Waals surface area contributed by atoms with Crippen LogP contribution < -0.4 is 5.32 Å². The molecule has 1 aromatic rings. The van der Waals surface area contributed by atoms with Crippen LogP contribution in [0.1, 0.15) is 23.2 Å². The first-order valence-electron chi connectivity index (χ1n) is 6.13. The molecule has 0 saturated carbocycles. The summed E-state index contributed by atoms with van der Waals surface area (Å²) in [6, 6.07) is 3.13. The lowest BCUT2D eigenvalue weighted by Gasteiger charge is -2.31. The monoisotopic (exact) mass is 283 g/mol. The number of pyridine rings is 1. The Hall–Kier alpha value is -1.47. The van der Waals surface area contributed by atoms with Crippen LogP contribution in [0.15, 0.2) is 24.5 Å². The molecule has 1 amide bonds. The molecule has 1 aromatic heterocycles. The van der Waals surface area contributed by atoms with Crippen molar-refractivity contribution in [2.75, 3.05) is 19.3 Å². The predicted octanol–water partition coefficient (Wildman–Crippen LogP) is 0.235. The molecule has 19 heavy (non-hydrogen) atoms. The van der Waals surface area contributed by atoms with Crippen LogP contribution in [-0.4, -0.2) is 49.0 Å². The molecule has 1 saturated heterocycles. The van der Waals surface area contributed by atoms with Gasteiger partial charge in [0.15, 0.2) is 0 Å². The average Bonchev–Trinajstić information content (AvgIpc) is 2.39. The van der Waals surface area contributed by atoms with Crippen molar-refractivity contribution in [3.8, 4) is 0 Å². The first kappa shape index (κ1) is 14.0. The molecule has 104 valence electrons. The molecule has 0 aliphatic carbocycles. The molecule has 0 bridgehead atoms. The fourth-order valence-corrected chi connectivity index (χ4v) is 3.04. The number of nitrogens with one attached hydrogen (secondary N) is 1. The minimum atomic E-state index is -3.19. The van der Waals surface area contributed by atoms with Gasteiger partial charge in [0.2, 0.25) is 10.0 Å². The maximum absolute atomic E-state index is 12.0. The van der Waals surface area contributed by atoms with Crippen molar-refractivity contribution in [3.05, 3.63) is 30.1 Å². The van der Waals surface area contributed by atoms with Crippen molar-refractivity contribution in [1.29, 1.82) is 0 Å². The van der Waals surface area contributed by atoms with Gasteiger partial charge in [0.1, 0.15) is 0 Å². The molecule has 0 spiro atoms. The van der Waals surface area contributed by atoms with Gasteiger partial charge in [-0.05, 0) is 25.0 Å². The Morgan fingerprint density at radius 3 is 2.74 bits per heavy atom. The van der Waals surface area contributed by atoms with Crippen LogP contribution in [0.5, 0.6) is 0 Å². The van der Waals surface area contributed by atoms with E-state index < -0.39 is 10.0 Å². The van der Waals surface area contributed by atoms with Crippen LogP contribution in [0.4, 0.5) is 0 Å². The fourth-order valence-electron chi connectivity index (χ4n) is 2.13. The van der Waals surface area contributed by atoms with Gasteiger partial charge in [-0.15, -0.1) is 0 Å². The van der Waals surface area contributed by atoms with Gasteiger partial charge in [-0.1, -0.05) is 0 Å². The summed E-state index contributed by atoms with van der Waals surface area (Å²) < 4.78 is 24.4. The molecule has 1 aliphatic heterocycles. The Morgan fingerprint density at radius 2 is 2.11 bits per heavy atom. The predicted molar refractivity (Wildman–Crippen MR) is 71.1 cm³/mol. The van der Waals surface area contributed by atoms with Gasteiger partial charge in [0.05, 0.1) is 6.26 Å². The van der Waals surface area contributed by atoms with Gasteiger partial charge in [-0.25, -0.2) is 12.7 Å². The van der Waals surface area contributed by atoms with Crippen molar-refractivity contribution in [3.63, 3.8) is 0 Å². The number of amides is 1. The lowest BCUT2D eigenvalue weighted by atomic mass is 10.1. The zero-order valence-electron chi connectivity index (χ0n) is 10.7. The number of hydrogen-bond donors (Lipinski definition) is 1. The molecule has 1 unspecified atom stereocenters. The highest BCUT2D eigenvalue weighted by molar-refractivity contribution is 7.88. The zero-order valence-corrected chi connectivity index (χ0v) is 11.6. The summed E-state index contributed by atoms with van der Waals surface area (Å²) in [4.78, 5) is 15.8. The summed E-state index contributed by atoms with van der Waals surface area (Å²) in [5, 5.41) is 2.86. The normalized spacial score (nSPS) is 21.0. The van der Waals surface area contributed by atoms with Crippen molar-refractivity contribution >= 4 is 15.9 Å². The molecule has 0 aromatic carbocycles. The lowest BCUT2D eigenvalue weighted by Crippen LogP contribution is -2.49. The molecular weight excluding hydrogens is 266 g/mol. The van der Waals surface area contributed by atoms with E-state index >= 15 is 0 Å². The molecule has 6 nitrogen and oxygen atoms in total. The second kappa shape index (κ2) is 5.66. The van der Waals surface area contributed by atoms with Crippen LogP contribution in [0.25, 0.3) is 0 Å². The highest BCUT2D eigenvalue weighted by atomic mass is 32.2. The van der Waals surface area contributed by atoms with Crippen LogP contribution in [0.3, 0.4) is 0 Å². The minimum absolute atomic E-state index is 0.135. The van der Waals surface area contributed by atoms with Crippen molar-refractivity contribution in [1.82, 2.24) is 14.6 Å². The molecule has 1 atom stereocenters. The molecule has 1 fully saturated rings. The zero-order chi connectivity index (χ0) is 13.9. The van der Waals surface area contributed by atoms with Crippen LogP contribution in [0.2, 0.25) is 0 Å². The van der Waals surface area contributed by atoms with Crippen LogP contribution >= 0.6 is 0 Å². The summed E-state index contributed by atoms with van der Waals surface area (Å²) >= 11 is 0. The second-order valence-corrected chi connectivity index (χ2v) is 6.65. The third-order valence-electron chi connectivity index (χ3n) is 3.13. The Bertz CT molecular complexity index is 545. The van der Waals surface area contributed by atoms with Gasteiger partial charge in [0.25, 0.3) is 5.91 Å². The number of rotatable bonds is 3. The third kappa shape index (κ3) is 3.74. The smallest absolute Gasteiger partial charge is 0.251 e. The molecule has 1 N–H and O–H groups in total. The molecule has 2 heterocycles. The Morgan fingerprint density at radius 1 is 1.42 bits per heavy atom.